The first-order valence-corrected chi connectivity index (χ1v) is 11.7. The van der Waals surface area contributed by atoms with Gasteiger partial charge < -0.3 is 35.4 Å². The third-order valence-corrected chi connectivity index (χ3v) is 6.27. The Kier molecular flexibility index (Phi) is 15.4. The molecule has 6 nitrogen and oxygen atoms in total. The fourth-order valence-electron chi connectivity index (χ4n) is 2.30. The van der Waals surface area contributed by atoms with Crippen LogP contribution in [-0.2, 0) is 22.7 Å². The molecule has 2 heterocycles. The molecular formula is C20H28Cl2N4O2S2. The minimum Gasteiger partial charge on any atom is -1.00 e. The number of halogens is 2. The number of amides is 2. The zero-order chi connectivity index (χ0) is 20.2. The average Bonchev–Trinajstić information content (AvgIpc) is 2.67. The number of nitrogens with zero attached hydrogens (tertiary/aromatic N) is 2. The van der Waals surface area contributed by atoms with E-state index in [0.717, 1.165) is 11.5 Å². The molecule has 2 rings (SSSR count). The Morgan fingerprint density at radius 3 is 1.40 bits per heavy atom. The molecule has 0 aliphatic rings. The summed E-state index contributed by atoms with van der Waals surface area (Å²) in [7, 11) is 3.40. The quantitative estimate of drug-likeness (QED) is 0.188. The number of rotatable bonds is 11. The summed E-state index contributed by atoms with van der Waals surface area (Å²) >= 11 is 0. The molecule has 0 unspecified atom stereocenters. The molecule has 2 N–H and O–H groups in total. The van der Waals surface area contributed by atoms with Gasteiger partial charge in [-0.25, -0.2) is 0 Å². The predicted octanol–water partition coefficient (Wildman–Crippen LogP) is -4.80. The van der Waals surface area contributed by atoms with Crippen LogP contribution in [0.3, 0.4) is 0 Å². The van der Waals surface area contributed by atoms with Crippen molar-refractivity contribution >= 4 is 33.4 Å². The maximum Gasteiger partial charge on any atom is 0.286 e. The van der Waals surface area contributed by atoms with Gasteiger partial charge in [0.1, 0.15) is 0 Å². The van der Waals surface area contributed by atoms with Gasteiger partial charge in [0.2, 0.25) is 13.1 Å². The molecule has 0 radical (unpaired) electrons. The highest BCUT2D eigenvalue weighted by Gasteiger charge is 2.09. The van der Waals surface area contributed by atoms with Gasteiger partial charge in [-0.3, -0.25) is 9.59 Å². The van der Waals surface area contributed by atoms with E-state index >= 15 is 0 Å². The van der Waals surface area contributed by atoms with Gasteiger partial charge in [-0.2, -0.15) is 9.13 Å². The molecular weight excluding hydrogens is 463 g/mol. The number of carbonyl (C=O) groups excluding carboxylic acids is 2. The minimum absolute atomic E-state index is 0. The van der Waals surface area contributed by atoms with Gasteiger partial charge in [0, 0.05) is 48.9 Å². The molecule has 2 aromatic heterocycles. The Balaban J connectivity index is 0.00000420. The minimum atomic E-state index is 0. The topological polar surface area (TPSA) is 66.0 Å². The molecule has 0 saturated carbocycles. The fourth-order valence-corrected chi connectivity index (χ4v) is 4.11. The lowest BCUT2D eigenvalue weighted by Gasteiger charge is -2.04. The van der Waals surface area contributed by atoms with Gasteiger partial charge in [-0.05, 0) is 25.0 Å². The van der Waals surface area contributed by atoms with Gasteiger partial charge in [-0.15, -0.1) is 0 Å². The van der Waals surface area contributed by atoms with Crippen molar-refractivity contribution in [3.8, 4) is 0 Å². The number of hydrogen-bond donors (Lipinski definition) is 2. The Morgan fingerprint density at radius 1 is 0.733 bits per heavy atom. The van der Waals surface area contributed by atoms with Crippen molar-refractivity contribution < 1.29 is 43.5 Å². The summed E-state index contributed by atoms with van der Waals surface area (Å²) in [5.41, 5.74) is 2.35. The molecule has 0 saturated heterocycles. The summed E-state index contributed by atoms with van der Waals surface area (Å²) < 4.78 is 3.73. The summed E-state index contributed by atoms with van der Waals surface area (Å²) in [5.74, 6) is 1.70. The predicted molar refractivity (Wildman–Crippen MR) is 114 cm³/mol. The Labute approximate surface area is 198 Å². The Morgan fingerprint density at radius 2 is 1.07 bits per heavy atom. The lowest BCUT2D eigenvalue weighted by molar-refractivity contribution is -0.684. The van der Waals surface area contributed by atoms with Crippen molar-refractivity contribution in [3.63, 3.8) is 0 Å². The van der Waals surface area contributed by atoms with Crippen LogP contribution < -0.4 is 44.6 Å². The molecule has 0 aliphatic carbocycles. The average molecular weight is 492 g/mol. The molecule has 2 amide bonds. The maximum absolute atomic E-state index is 11.9. The number of nitrogens with one attached hydrogen (secondary N) is 2. The van der Waals surface area contributed by atoms with Crippen molar-refractivity contribution in [2.45, 2.75) is 26.9 Å². The first-order valence-electron chi connectivity index (χ1n) is 9.22. The van der Waals surface area contributed by atoms with Crippen LogP contribution in [0.5, 0.6) is 0 Å². The highest BCUT2D eigenvalue weighted by molar-refractivity contribution is 8.76. The van der Waals surface area contributed by atoms with Crippen LogP contribution in [0.1, 0.15) is 11.1 Å². The maximum atomic E-state index is 11.9. The smallest absolute Gasteiger partial charge is 0.286 e. The van der Waals surface area contributed by atoms with Crippen molar-refractivity contribution in [2.24, 2.45) is 0 Å². The molecule has 0 bridgehead atoms. The normalized spacial score (nSPS) is 9.80. The summed E-state index contributed by atoms with van der Waals surface area (Å²) in [6, 6.07) is 7.94. The lowest BCUT2D eigenvalue weighted by Crippen LogP contribution is -3.00. The molecule has 0 aliphatic heterocycles. The van der Waals surface area contributed by atoms with Crippen LogP contribution in [0, 0.1) is 13.8 Å². The molecule has 30 heavy (non-hydrogen) atoms. The molecule has 0 aromatic carbocycles. The van der Waals surface area contributed by atoms with Gasteiger partial charge >= 0.3 is 0 Å². The van der Waals surface area contributed by atoms with E-state index in [-0.39, 0.29) is 36.6 Å². The number of aryl methyl sites for hydroxylation is 2. The number of aromatic nitrogens is 2. The first-order chi connectivity index (χ1) is 13.5. The molecule has 166 valence electrons. The highest BCUT2D eigenvalue weighted by atomic mass is 35.5. The summed E-state index contributed by atoms with van der Waals surface area (Å²) in [4.78, 5) is 23.8. The van der Waals surface area contributed by atoms with E-state index in [1.54, 1.807) is 21.6 Å². The van der Waals surface area contributed by atoms with Crippen LogP contribution in [0.2, 0.25) is 0 Å². The zero-order valence-corrected chi connectivity index (χ0v) is 20.3. The van der Waals surface area contributed by atoms with Gasteiger partial charge in [0.15, 0.2) is 24.8 Å². The van der Waals surface area contributed by atoms with E-state index in [1.807, 2.05) is 72.0 Å². The number of carbonyl (C=O) groups is 2. The second-order valence-electron chi connectivity index (χ2n) is 6.44. The third-order valence-electron chi connectivity index (χ3n) is 3.87. The van der Waals surface area contributed by atoms with E-state index in [0.29, 0.717) is 26.2 Å². The van der Waals surface area contributed by atoms with Gasteiger partial charge in [-0.1, -0.05) is 21.6 Å². The van der Waals surface area contributed by atoms with Gasteiger partial charge in [0.05, 0.1) is 0 Å². The second kappa shape index (κ2) is 16.2. The van der Waals surface area contributed by atoms with Crippen molar-refractivity contribution in [2.75, 3.05) is 24.6 Å². The molecule has 10 heteroatoms. The SMILES string of the molecule is Cc1cc[n+](CC(=O)NCCSSCCNC(=O)C[n+]2ccc(C)cc2)cc1.[Cl-].[Cl-]. The van der Waals surface area contributed by atoms with Crippen LogP contribution in [0.25, 0.3) is 0 Å². The van der Waals surface area contributed by atoms with E-state index in [9.17, 15) is 9.59 Å². The summed E-state index contributed by atoms with van der Waals surface area (Å²) in [6.45, 7) is 5.99. The second-order valence-corrected chi connectivity index (χ2v) is 9.14. The van der Waals surface area contributed by atoms with E-state index in [1.165, 1.54) is 11.1 Å². The lowest BCUT2D eigenvalue weighted by atomic mass is 10.3. The van der Waals surface area contributed by atoms with Crippen molar-refractivity contribution in [3.05, 3.63) is 60.2 Å². The molecule has 0 atom stereocenters. The van der Waals surface area contributed by atoms with E-state index in [4.69, 9.17) is 0 Å². The van der Waals surface area contributed by atoms with Crippen LogP contribution in [-0.4, -0.2) is 36.4 Å². The van der Waals surface area contributed by atoms with Crippen molar-refractivity contribution in [1.29, 1.82) is 0 Å². The standard InChI is InChI=1S/C20H26N4O2S2.2ClH/c1-17-3-9-23(10-4-17)15-19(25)21-7-13-27-28-14-8-22-20(26)16-24-11-5-18(2)6-12-24;;/h3-6,9-12H,7-8,13-16H2,1-2H3;2*1H. The monoisotopic (exact) mass is 490 g/mol. The largest absolute Gasteiger partial charge is 1.00 e. The fraction of sp³-hybridized carbons (Fsp3) is 0.400. The zero-order valence-electron chi connectivity index (χ0n) is 17.1. The van der Waals surface area contributed by atoms with Crippen LogP contribution >= 0.6 is 21.6 Å². The summed E-state index contributed by atoms with van der Waals surface area (Å²) in [5, 5.41) is 5.84. The Bertz CT molecular complexity index is 697. The van der Waals surface area contributed by atoms with E-state index < -0.39 is 0 Å². The number of pyridine rings is 2. The molecule has 0 spiro atoms. The number of hydrogen-bond acceptors (Lipinski definition) is 4. The highest BCUT2D eigenvalue weighted by Crippen LogP contribution is 2.19. The molecule has 2 aromatic rings. The third kappa shape index (κ3) is 12.3. The van der Waals surface area contributed by atoms with Crippen LogP contribution in [0.15, 0.2) is 49.1 Å². The summed E-state index contributed by atoms with van der Waals surface area (Å²) in [6.07, 6.45) is 7.63. The van der Waals surface area contributed by atoms with E-state index in [2.05, 4.69) is 10.6 Å². The van der Waals surface area contributed by atoms with Crippen molar-refractivity contribution in [1.82, 2.24) is 10.6 Å². The van der Waals surface area contributed by atoms with Gasteiger partial charge in [0.25, 0.3) is 11.8 Å². The Hall–Kier alpha value is -1.48. The van der Waals surface area contributed by atoms with Crippen LogP contribution in [0.4, 0.5) is 0 Å². The molecule has 0 fully saturated rings. The first kappa shape index (κ1) is 28.5.